The number of nitrogens with two attached hydrogens (primary N) is 1. The quantitative estimate of drug-likeness (QED) is 0.847. The number of amides is 1. The Kier molecular flexibility index (Phi) is 6.36. The minimum Gasteiger partial charge on any atom is -0.348 e. The van der Waals surface area contributed by atoms with E-state index in [9.17, 15) is 4.79 Å². The molecule has 0 saturated heterocycles. The van der Waals surface area contributed by atoms with Crippen molar-refractivity contribution in [2.45, 2.75) is 45.2 Å². The number of rotatable bonds is 6. The van der Waals surface area contributed by atoms with Crippen molar-refractivity contribution in [2.24, 2.45) is 5.73 Å². The first kappa shape index (κ1) is 15.2. The Balaban J connectivity index is 2.54. The molecule has 0 aliphatic rings. The maximum atomic E-state index is 11.9. The molecule has 1 aromatic carbocycles. The average molecular weight is 313 g/mol. The van der Waals surface area contributed by atoms with Gasteiger partial charge in [-0.05, 0) is 31.0 Å². The van der Waals surface area contributed by atoms with Crippen molar-refractivity contribution < 1.29 is 4.79 Å². The molecule has 0 unspecified atom stereocenters. The van der Waals surface area contributed by atoms with E-state index in [1.54, 1.807) is 0 Å². The van der Waals surface area contributed by atoms with Crippen molar-refractivity contribution in [2.75, 3.05) is 0 Å². The molecule has 3 nitrogen and oxygen atoms in total. The van der Waals surface area contributed by atoms with E-state index in [4.69, 9.17) is 5.73 Å². The highest BCUT2D eigenvalue weighted by Crippen LogP contribution is 2.17. The molecule has 4 heteroatoms. The van der Waals surface area contributed by atoms with Gasteiger partial charge in [-0.15, -0.1) is 0 Å². The lowest BCUT2D eigenvalue weighted by atomic mass is 10.1. The van der Waals surface area contributed by atoms with Gasteiger partial charge < -0.3 is 11.1 Å². The van der Waals surface area contributed by atoms with E-state index in [-0.39, 0.29) is 11.9 Å². The number of benzene rings is 1. The van der Waals surface area contributed by atoms with E-state index < -0.39 is 6.04 Å². The number of nitrogens with one attached hydrogen (secondary N) is 1. The number of hydrogen-bond donors (Lipinski definition) is 2. The van der Waals surface area contributed by atoms with Gasteiger partial charge in [0.2, 0.25) is 5.91 Å². The van der Waals surface area contributed by atoms with Crippen LogP contribution in [-0.4, -0.2) is 11.9 Å². The molecule has 100 valence electrons. The summed E-state index contributed by atoms with van der Waals surface area (Å²) in [5.41, 5.74) is 6.91. The number of hydrogen-bond acceptors (Lipinski definition) is 2. The minimum atomic E-state index is -0.403. The van der Waals surface area contributed by atoms with Gasteiger partial charge in [0.05, 0.1) is 12.1 Å². The van der Waals surface area contributed by atoms with Crippen LogP contribution in [-0.2, 0) is 4.79 Å². The Labute approximate surface area is 117 Å². The van der Waals surface area contributed by atoms with Crippen molar-refractivity contribution in [1.29, 1.82) is 0 Å². The second-order valence-corrected chi connectivity index (χ2v) is 5.45. The van der Waals surface area contributed by atoms with Crippen LogP contribution in [0.3, 0.4) is 0 Å². The highest BCUT2D eigenvalue weighted by molar-refractivity contribution is 9.10. The molecular formula is C14H21BrN2O. The maximum absolute atomic E-state index is 11.9. The largest absolute Gasteiger partial charge is 0.348 e. The predicted octanol–water partition coefficient (Wildman–Crippen LogP) is 3.14. The van der Waals surface area contributed by atoms with Gasteiger partial charge >= 0.3 is 0 Å². The van der Waals surface area contributed by atoms with Crippen molar-refractivity contribution >= 4 is 21.8 Å². The summed E-state index contributed by atoms with van der Waals surface area (Å²) in [6.45, 7) is 4.06. The molecule has 0 heterocycles. The third-order valence-corrected chi connectivity index (χ3v) is 3.41. The minimum absolute atomic E-state index is 0.0253. The van der Waals surface area contributed by atoms with E-state index in [2.05, 4.69) is 28.2 Å². The molecule has 0 spiro atoms. The van der Waals surface area contributed by atoms with E-state index in [1.807, 2.05) is 31.2 Å². The summed E-state index contributed by atoms with van der Waals surface area (Å²) in [6.07, 6.45) is 2.79. The molecule has 2 atom stereocenters. The van der Waals surface area contributed by atoms with Gasteiger partial charge in [-0.3, -0.25) is 4.79 Å². The fourth-order valence-electron chi connectivity index (χ4n) is 1.73. The van der Waals surface area contributed by atoms with Gasteiger partial charge in [0.1, 0.15) is 0 Å². The van der Waals surface area contributed by atoms with Gasteiger partial charge in [-0.25, -0.2) is 0 Å². The third kappa shape index (κ3) is 4.78. The van der Waals surface area contributed by atoms with Crippen molar-refractivity contribution in [1.82, 2.24) is 5.32 Å². The van der Waals surface area contributed by atoms with Gasteiger partial charge in [0.25, 0.3) is 0 Å². The topological polar surface area (TPSA) is 55.1 Å². The molecule has 1 rings (SSSR count). The smallest absolute Gasteiger partial charge is 0.237 e. The van der Waals surface area contributed by atoms with Crippen molar-refractivity contribution in [3.05, 3.63) is 34.3 Å². The summed E-state index contributed by atoms with van der Waals surface area (Å²) < 4.78 is 1.01. The Morgan fingerprint density at radius 2 is 2.22 bits per heavy atom. The van der Waals surface area contributed by atoms with Crippen LogP contribution in [0.1, 0.15) is 44.7 Å². The molecule has 3 N–H and O–H groups in total. The van der Waals surface area contributed by atoms with Crippen LogP contribution >= 0.6 is 15.9 Å². The van der Waals surface area contributed by atoms with Crippen LogP contribution in [0.4, 0.5) is 0 Å². The summed E-state index contributed by atoms with van der Waals surface area (Å²) >= 11 is 3.42. The lowest BCUT2D eigenvalue weighted by molar-refractivity contribution is -0.123. The molecule has 18 heavy (non-hydrogen) atoms. The van der Waals surface area contributed by atoms with Crippen LogP contribution in [0.25, 0.3) is 0 Å². The van der Waals surface area contributed by atoms with Crippen LogP contribution in [0.15, 0.2) is 28.7 Å². The standard InChI is InChI=1S/C14H21BrN2O/c1-3-4-8-13(16)14(18)17-10(2)11-6-5-7-12(15)9-11/h5-7,9-10,13H,3-4,8,16H2,1-2H3,(H,17,18)/t10-,13+/m1/s1. The fourth-order valence-corrected chi connectivity index (χ4v) is 2.15. The Bertz CT molecular complexity index is 395. The zero-order chi connectivity index (χ0) is 13.5. The fraction of sp³-hybridized carbons (Fsp3) is 0.500. The van der Waals surface area contributed by atoms with Gasteiger partial charge in [0, 0.05) is 4.47 Å². The third-order valence-electron chi connectivity index (χ3n) is 2.91. The second kappa shape index (κ2) is 7.54. The van der Waals surface area contributed by atoms with E-state index in [0.29, 0.717) is 0 Å². The van der Waals surface area contributed by atoms with Crippen LogP contribution < -0.4 is 11.1 Å². The average Bonchev–Trinajstić information content (AvgIpc) is 2.35. The van der Waals surface area contributed by atoms with Crippen LogP contribution in [0, 0.1) is 0 Å². The molecule has 0 aliphatic carbocycles. The molecular weight excluding hydrogens is 292 g/mol. The first-order chi connectivity index (χ1) is 8.54. The molecule has 0 radical (unpaired) electrons. The number of halogens is 1. The maximum Gasteiger partial charge on any atom is 0.237 e. The number of carbonyl (C=O) groups excluding carboxylic acids is 1. The number of unbranched alkanes of at least 4 members (excludes halogenated alkanes) is 1. The normalized spacial score (nSPS) is 14.0. The van der Waals surface area contributed by atoms with Crippen LogP contribution in [0.5, 0.6) is 0 Å². The highest BCUT2D eigenvalue weighted by atomic mass is 79.9. The summed E-state index contributed by atoms with van der Waals surface area (Å²) in [6, 6.07) is 7.49. The molecule has 0 saturated carbocycles. The molecule has 0 aromatic heterocycles. The molecule has 0 aliphatic heterocycles. The summed E-state index contributed by atoms with van der Waals surface area (Å²) in [4.78, 5) is 11.9. The SMILES string of the molecule is CCCC[C@H](N)C(=O)N[C@H](C)c1cccc(Br)c1. The Hall–Kier alpha value is -0.870. The molecule has 1 aromatic rings. The monoisotopic (exact) mass is 312 g/mol. The Morgan fingerprint density at radius 3 is 2.83 bits per heavy atom. The van der Waals surface area contributed by atoms with Crippen molar-refractivity contribution in [3.8, 4) is 0 Å². The second-order valence-electron chi connectivity index (χ2n) is 4.53. The number of carbonyl (C=O) groups is 1. The van der Waals surface area contributed by atoms with Gasteiger partial charge in [-0.2, -0.15) is 0 Å². The van der Waals surface area contributed by atoms with Crippen molar-refractivity contribution in [3.63, 3.8) is 0 Å². The lowest BCUT2D eigenvalue weighted by Gasteiger charge is -2.18. The first-order valence-corrected chi connectivity index (χ1v) is 7.15. The van der Waals surface area contributed by atoms with E-state index in [0.717, 1.165) is 29.3 Å². The van der Waals surface area contributed by atoms with E-state index >= 15 is 0 Å². The molecule has 0 fully saturated rings. The Morgan fingerprint density at radius 1 is 1.50 bits per heavy atom. The van der Waals surface area contributed by atoms with Crippen LogP contribution in [0.2, 0.25) is 0 Å². The lowest BCUT2D eigenvalue weighted by Crippen LogP contribution is -2.41. The van der Waals surface area contributed by atoms with Gasteiger partial charge in [0.15, 0.2) is 0 Å². The zero-order valence-electron chi connectivity index (χ0n) is 10.9. The summed E-state index contributed by atoms with van der Waals surface area (Å²) in [5.74, 6) is -0.0732. The predicted molar refractivity (Wildman–Crippen MR) is 78.2 cm³/mol. The molecule has 0 bridgehead atoms. The van der Waals surface area contributed by atoms with E-state index in [1.165, 1.54) is 0 Å². The zero-order valence-corrected chi connectivity index (χ0v) is 12.5. The highest BCUT2D eigenvalue weighted by Gasteiger charge is 2.15. The first-order valence-electron chi connectivity index (χ1n) is 6.36. The summed E-state index contributed by atoms with van der Waals surface area (Å²) in [5, 5.41) is 2.95. The summed E-state index contributed by atoms with van der Waals surface area (Å²) in [7, 11) is 0. The van der Waals surface area contributed by atoms with Gasteiger partial charge in [-0.1, -0.05) is 47.8 Å². The molecule has 1 amide bonds.